The molecule has 1 aromatic rings. The Morgan fingerprint density at radius 1 is 1.40 bits per heavy atom. The second kappa shape index (κ2) is 4.20. The van der Waals surface area contributed by atoms with E-state index in [1.54, 1.807) is 6.92 Å². The number of aryl methyl sites for hydroxylation is 1. The first-order valence-corrected chi connectivity index (χ1v) is 4.28. The van der Waals surface area contributed by atoms with Crippen LogP contribution in [0.5, 0.6) is 0 Å². The van der Waals surface area contributed by atoms with Gasteiger partial charge in [-0.15, -0.1) is 0 Å². The standard InChI is InChI=1S/C8H9BF3NO2/c1-2-5-3-6(9(14)15)4-13-7(5)8(10,11)12/h3-4,14-15H,2H2,1H3. The number of halogens is 3. The molecule has 82 valence electrons. The maximum Gasteiger partial charge on any atom is 0.490 e. The van der Waals surface area contributed by atoms with Crippen molar-refractivity contribution in [3.8, 4) is 0 Å². The lowest BCUT2D eigenvalue weighted by atomic mass is 9.80. The van der Waals surface area contributed by atoms with Gasteiger partial charge in [-0.3, -0.25) is 4.98 Å². The van der Waals surface area contributed by atoms with Crippen LogP contribution >= 0.6 is 0 Å². The van der Waals surface area contributed by atoms with Crippen molar-refractivity contribution in [2.24, 2.45) is 0 Å². The van der Waals surface area contributed by atoms with Gasteiger partial charge in [0.1, 0.15) is 5.69 Å². The molecular weight excluding hydrogens is 210 g/mol. The molecule has 0 bridgehead atoms. The average molecular weight is 219 g/mol. The molecule has 0 radical (unpaired) electrons. The van der Waals surface area contributed by atoms with Gasteiger partial charge in [0.25, 0.3) is 0 Å². The van der Waals surface area contributed by atoms with Crippen LogP contribution in [0.25, 0.3) is 0 Å². The minimum absolute atomic E-state index is 0.0418. The summed E-state index contributed by atoms with van der Waals surface area (Å²) >= 11 is 0. The van der Waals surface area contributed by atoms with E-state index in [0.29, 0.717) is 0 Å². The summed E-state index contributed by atoms with van der Waals surface area (Å²) in [6.45, 7) is 1.54. The molecule has 3 nitrogen and oxygen atoms in total. The van der Waals surface area contributed by atoms with Crippen LogP contribution in [0.4, 0.5) is 13.2 Å². The molecule has 0 unspecified atom stereocenters. The van der Waals surface area contributed by atoms with E-state index in [-0.39, 0.29) is 17.4 Å². The molecule has 0 aliphatic carbocycles. The van der Waals surface area contributed by atoms with Gasteiger partial charge >= 0.3 is 13.3 Å². The lowest BCUT2D eigenvalue weighted by molar-refractivity contribution is -0.141. The van der Waals surface area contributed by atoms with Crippen LogP contribution in [0.1, 0.15) is 18.2 Å². The molecule has 0 saturated carbocycles. The third-order valence-electron chi connectivity index (χ3n) is 1.94. The Morgan fingerprint density at radius 3 is 2.40 bits per heavy atom. The fourth-order valence-corrected chi connectivity index (χ4v) is 1.19. The molecule has 0 amide bonds. The van der Waals surface area contributed by atoms with Gasteiger partial charge < -0.3 is 10.0 Å². The van der Waals surface area contributed by atoms with Crippen molar-refractivity contribution in [3.63, 3.8) is 0 Å². The largest absolute Gasteiger partial charge is 0.490 e. The lowest BCUT2D eigenvalue weighted by Gasteiger charge is -2.11. The van der Waals surface area contributed by atoms with Gasteiger partial charge in [-0.1, -0.05) is 13.0 Å². The quantitative estimate of drug-likeness (QED) is 0.705. The lowest BCUT2D eigenvalue weighted by Crippen LogP contribution is -2.31. The first-order valence-electron chi connectivity index (χ1n) is 4.28. The van der Waals surface area contributed by atoms with Gasteiger partial charge in [-0.2, -0.15) is 13.2 Å². The van der Waals surface area contributed by atoms with E-state index in [0.717, 1.165) is 12.3 Å². The van der Waals surface area contributed by atoms with Crippen molar-refractivity contribution in [2.45, 2.75) is 19.5 Å². The van der Waals surface area contributed by atoms with E-state index in [4.69, 9.17) is 10.0 Å². The SMILES string of the molecule is CCc1cc(B(O)O)cnc1C(F)(F)F. The number of pyridine rings is 1. The predicted octanol–water partition coefficient (Wildman–Crippen LogP) is 0.343. The van der Waals surface area contributed by atoms with E-state index in [1.165, 1.54) is 0 Å². The van der Waals surface area contributed by atoms with Crippen LogP contribution in [-0.4, -0.2) is 22.2 Å². The first kappa shape index (κ1) is 12.0. The smallest absolute Gasteiger partial charge is 0.423 e. The molecular formula is C8H9BF3NO2. The molecule has 0 aromatic carbocycles. The summed E-state index contributed by atoms with van der Waals surface area (Å²) in [5, 5.41) is 17.5. The highest BCUT2D eigenvalue weighted by molar-refractivity contribution is 6.58. The molecule has 2 N–H and O–H groups in total. The highest BCUT2D eigenvalue weighted by Gasteiger charge is 2.35. The zero-order valence-electron chi connectivity index (χ0n) is 7.91. The highest BCUT2D eigenvalue weighted by atomic mass is 19.4. The number of aromatic nitrogens is 1. The zero-order chi connectivity index (χ0) is 11.6. The van der Waals surface area contributed by atoms with Gasteiger partial charge in [-0.25, -0.2) is 0 Å². The molecule has 0 aliphatic heterocycles. The van der Waals surface area contributed by atoms with E-state index in [2.05, 4.69) is 4.98 Å². The van der Waals surface area contributed by atoms with Crippen LogP contribution < -0.4 is 5.46 Å². The molecule has 0 spiro atoms. The number of nitrogens with zero attached hydrogens (tertiary/aromatic N) is 1. The Hall–Kier alpha value is -1.08. The Balaban J connectivity index is 3.21. The number of hydrogen-bond donors (Lipinski definition) is 2. The molecule has 0 atom stereocenters. The second-order valence-corrected chi connectivity index (χ2v) is 3.00. The third-order valence-corrected chi connectivity index (χ3v) is 1.94. The van der Waals surface area contributed by atoms with Gasteiger partial charge in [-0.05, 0) is 12.0 Å². The van der Waals surface area contributed by atoms with Crippen molar-refractivity contribution >= 4 is 12.6 Å². The summed E-state index contributed by atoms with van der Waals surface area (Å²) < 4.78 is 37.1. The summed E-state index contributed by atoms with van der Waals surface area (Å²) in [5.41, 5.74) is -1.07. The van der Waals surface area contributed by atoms with Gasteiger partial charge in [0.2, 0.25) is 0 Å². The predicted molar refractivity (Wildman–Crippen MR) is 48.4 cm³/mol. The molecule has 1 aromatic heterocycles. The fraction of sp³-hybridized carbons (Fsp3) is 0.375. The molecule has 1 rings (SSSR count). The highest BCUT2D eigenvalue weighted by Crippen LogP contribution is 2.29. The molecule has 0 saturated heterocycles. The zero-order valence-corrected chi connectivity index (χ0v) is 7.91. The Labute approximate surface area is 84.7 Å². The molecule has 0 fully saturated rings. The monoisotopic (exact) mass is 219 g/mol. The fourth-order valence-electron chi connectivity index (χ4n) is 1.19. The second-order valence-electron chi connectivity index (χ2n) is 3.00. The number of alkyl halides is 3. The normalized spacial score (nSPS) is 11.6. The average Bonchev–Trinajstić information content (AvgIpc) is 2.15. The number of hydrogen-bond acceptors (Lipinski definition) is 3. The minimum atomic E-state index is -4.51. The van der Waals surface area contributed by atoms with E-state index in [9.17, 15) is 13.2 Å². The van der Waals surface area contributed by atoms with Crippen molar-refractivity contribution in [1.82, 2.24) is 4.98 Å². The van der Waals surface area contributed by atoms with E-state index < -0.39 is 19.0 Å². The van der Waals surface area contributed by atoms with Gasteiger partial charge in [0.15, 0.2) is 0 Å². The summed E-state index contributed by atoms with van der Waals surface area (Å²) in [6.07, 6.45) is -3.57. The van der Waals surface area contributed by atoms with Gasteiger partial charge in [0.05, 0.1) is 0 Å². The van der Waals surface area contributed by atoms with Crippen molar-refractivity contribution in [3.05, 3.63) is 23.5 Å². The minimum Gasteiger partial charge on any atom is -0.423 e. The Kier molecular flexibility index (Phi) is 3.36. The van der Waals surface area contributed by atoms with Crippen LogP contribution in [0.15, 0.2) is 12.3 Å². The Morgan fingerprint density at radius 2 is 2.00 bits per heavy atom. The third kappa shape index (κ3) is 2.70. The summed E-state index contributed by atoms with van der Waals surface area (Å²) in [4.78, 5) is 3.20. The van der Waals surface area contributed by atoms with E-state index >= 15 is 0 Å². The van der Waals surface area contributed by atoms with Crippen LogP contribution in [0.2, 0.25) is 0 Å². The van der Waals surface area contributed by atoms with Crippen LogP contribution in [0, 0.1) is 0 Å². The number of rotatable bonds is 2. The Bertz CT molecular complexity index is 354. The maximum atomic E-state index is 12.4. The maximum absolute atomic E-state index is 12.4. The summed E-state index contributed by atoms with van der Waals surface area (Å²) in [5.74, 6) is 0. The van der Waals surface area contributed by atoms with Crippen molar-refractivity contribution in [1.29, 1.82) is 0 Å². The first-order chi connectivity index (χ1) is 6.86. The van der Waals surface area contributed by atoms with Crippen LogP contribution in [0.3, 0.4) is 0 Å². The molecule has 7 heteroatoms. The molecule has 1 heterocycles. The summed E-state index contributed by atoms with van der Waals surface area (Å²) in [7, 11) is -1.80. The molecule has 15 heavy (non-hydrogen) atoms. The summed E-state index contributed by atoms with van der Waals surface area (Å²) in [6, 6.07) is 1.10. The van der Waals surface area contributed by atoms with E-state index in [1.807, 2.05) is 0 Å². The van der Waals surface area contributed by atoms with Crippen molar-refractivity contribution < 1.29 is 23.2 Å². The van der Waals surface area contributed by atoms with Gasteiger partial charge in [0, 0.05) is 11.7 Å². The topological polar surface area (TPSA) is 53.4 Å². The van der Waals surface area contributed by atoms with Crippen LogP contribution in [-0.2, 0) is 12.6 Å². The van der Waals surface area contributed by atoms with Crippen molar-refractivity contribution in [2.75, 3.05) is 0 Å². The molecule has 0 aliphatic rings.